The van der Waals surface area contributed by atoms with Gasteiger partial charge in [-0.15, -0.1) is 0 Å². The van der Waals surface area contributed by atoms with Gasteiger partial charge in [0.1, 0.15) is 17.8 Å². The lowest BCUT2D eigenvalue weighted by Crippen LogP contribution is -2.35. The Kier molecular flexibility index (Phi) is 9.60. The van der Waals surface area contributed by atoms with E-state index in [0.717, 1.165) is 62.8 Å². The van der Waals surface area contributed by atoms with Crippen LogP contribution in [-0.4, -0.2) is 50.7 Å². The van der Waals surface area contributed by atoms with Gasteiger partial charge in [0.05, 0.1) is 33.5 Å². The molecule has 0 unspecified atom stereocenters. The summed E-state index contributed by atoms with van der Waals surface area (Å²) in [5, 5.41) is 0. The van der Waals surface area contributed by atoms with E-state index in [2.05, 4.69) is 17.0 Å². The Bertz CT molecular complexity index is 802. The molecule has 1 aliphatic rings. The fourth-order valence-electron chi connectivity index (χ4n) is 3.18. The van der Waals surface area contributed by atoms with Gasteiger partial charge in [0, 0.05) is 24.9 Å². The van der Waals surface area contributed by atoms with Crippen LogP contribution in [-0.2, 0) is 17.0 Å². The van der Waals surface area contributed by atoms with Gasteiger partial charge in [-0.3, -0.25) is 9.69 Å². The van der Waals surface area contributed by atoms with Gasteiger partial charge in [-0.05, 0) is 42.7 Å². The Labute approximate surface area is 182 Å². The molecular weight excluding hydrogens is 402 g/mol. The van der Waals surface area contributed by atoms with E-state index in [1.165, 1.54) is 11.8 Å². The van der Waals surface area contributed by atoms with Crippen molar-refractivity contribution in [1.29, 1.82) is 0 Å². The summed E-state index contributed by atoms with van der Waals surface area (Å²) >= 11 is 1.93. The second-order valence-corrected chi connectivity index (χ2v) is 8.38. The Morgan fingerprint density at radius 2 is 1.90 bits per heavy atom. The van der Waals surface area contributed by atoms with Crippen molar-refractivity contribution < 1.29 is 18.6 Å². The summed E-state index contributed by atoms with van der Waals surface area (Å²) in [5.41, 5.74) is 1.20. The fourth-order valence-corrected chi connectivity index (χ4v) is 4.16. The van der Waals surface area contributed by atoms with Gasteiger partial charge in [-0.1, -0.05) is 12.1 Å². The zero-order valence-corrected chi connectivity index (χ0v) is 18.5. The predicted octanol–water partition coefficient (Wildman–Crippen LogP) is 3.96. The second kappa shape index (κ2) is 12.7. The van der Waals surface area contributed by atoms with E-state index < -0.39 is 0 Å². The van der Waals surface area contributed by atoms with E-state index >= 15 is 0 Å². The molecule has 6 nitrogen and oxygen atoms in total. The van der Waals surface area contributed by atoms with E-state index in [9.17, 15) is 4.79 Å². The maximum atomic E-state index is 12.2. The molecule has 0 bridgehead atoms. The molecule has 1 aromatic carbocycles. The molecule has 0 amide bonds. The topological polar surface area (TPSA) is 61.1 Å². The summed E-state index contributed by atoms with van der Waals surface area (Å²) in [5.74, 6) is 3.99. The van der Waals surface area contributed by atoms with Gasteiger partial charge in [-0.25, -0.2) is 0 Å². The lowest BCUT2D eigenvalue weighted by atomic mass is 10.2. The zero-order valence-electron chi connectivity index (χ0n) is 17.6. The third-order valence-electron chi connectivity index (χ3n) is 4.95. The van der Waals surface area contributed by atoms with E-state index in [1.807, 2.05) is 23.9 Å². The van der Waals surface area contributed by atoms with Crippen molar-refractivity contribution in [3.8, 4) is 11.5 Å². The van der Waals surface area contributed by atoms with Crippen LogP contribution in [0.4, 0.5) is 0 Å². The monoisotopic (exact) mass is 433 g/mol. The first kappa shape index (κ1) is 22.7. The first-order valence-corrected chi connectivity index (χ1v) is 11.7. The molecule has 2 heterocycles. The number of hydrogen-bond acceptors (Lipinski definition) is 7. The molecule has 0 aliphatic carbocycles. The second-order valence-electron chi connectivity index (χ2n) is 7.27. The number of hydrogen-bond donors (Lipinski definition) is 0. The molecule has 3 rings (SSSR count). The maximum absolute atomic E-state index is 12.2. The molecule has 0 N–H and O–H groups in total. The number of nitrogens with zero attached hydrogens (tertiary/aromatic N) is 1. The standard InChI is InChI=1S/C23H31NO5S/c1-26-20-7-5-19(6-8-20)18-30-14-4-2-3-11-28-23-17-29-21(15-22(23)25)16-24-9-12-27-13-10-24/h5-8,15,17H,2-4,9-14,16,18H2,1H3. The summed E-state index contributed by atoms with van der Waals surface area (Å²) in [6.45, 7) is 4.35. The molecule has 0 atom stereocenters. The summed E-state index contributed by atoms with van der Waals surface area (Å²) in [7, 11) is 1.68. The van der Waals surface area contributed by atoms with Crippen molar-refractivity contribution in [1.82, 2.24) is 4.90 Å². The SMILES string of the molecule is COc1ccc(CSCCCCCOc2coc(CN3CCOCC3)cc2=O)cc1. The zero-order chi connectivity index (χ0) is 21.0. The molecule has 1 aromatic heterocycles. The highest BCUT2D eigenvalue weighted by molar-refractivity contribution is 7.98. The van der Waals surface area contributed by atoms with Crippen LogP contribution in [0.25, 0.3) is 0 Å². The molecule has 0 saturated carbocycles. The summed E-state index contributed by atoms with van der Waals surface area (Å²) in [6.07, 6.45) is 4.59. The number of methoxy groups -OCH3 is 1. The minimum atomic E-state index is -0.112. The molecule has 7 heteroatoms. The average molecular weight is 434 g/mol. The van der Waals surface area contributed by atoms with Crippen LogP contribution in [0.3, 0.4) is 0 Å². The normalized spacial score (nSPS) is 14.6. The van der Waals surface area contributed by atoms with E-state index in [1.54, 1.807) is 13.2 Å². The molecule has 1 fully saturated rings. The Morgan fingerprint density at radius 3 is 2.63 bits per heavy atom. The highest BCUT2D eigenvalue weighted by Gasteiger charge is 2.13. The van der Waals surface area contributed by atoms with E-state index in [0.29, 0.717) is 24.7 Å². The highest BCUT2D eigenvalue weighted by atomic mass is 32.2. The van der Waals surface area contributed by atoms with Crippen LogP contribution in [0.1, 0.15) is 30.6 Å². The first-order chi connectivity index (χ1) is 14.7. The van der Waals surface area contributed by atoms with Gasteiger partial charge >= 0.3 is 0 Å². The number of unbranched alkanes of at least 4 members (excludes halogenated alkanes) is 2. The third-order valence-corrected chi connectivity index (χ3v) is 6.07. The van der Waals surface area contributed by atoms with Crippen molar-refractivity contribution >= 4 is 11.8 Å². The molecular formula is C23H31NO5S. The van der Waals surface area contributed by atoms with Crippen molar-refractivity contribution in [3.63, 3.8) is 0 Å². The third kappa shape index (κ3) is 7.70. The molecule has 1 saturated heterocycles. The lowest BCUT2D eigenvalue weighted by Gasteiger charge is -2.25. The number of benzene rings is 1. The van der Waals surface area contributed by atoms with E-state index in [4.69, 9.17) is 18.6 Å². The number of rotatable bonds is 12. The van der Waals surface area contributed by atoms with Gasteiger partial charge in [0.15, 0.2) is 0 Å². The molecule has 30 heavy (non-hydrogen) atoms. The minimum absolute atomic E-state index is 0.112. The number of thioether (sulfide) groups is 1. The molecule has 2 aromatic rings. The average Bonchev–Trinajstić information content (AvgIpc) is 2.78. The Hall–Kier alpha value is -1.96. The summed E-state index contributed by atoms with van der Waals surface area (Å²) in [6, 6.07) is 9.76. The molecule has 1 aliphatic heterocycles. The van der Waals surface area contributed by atoms with Crippen LogP contribution < -0.4 is 14.9 Å². The van der Waals surface area contributed by atoms with Crippen LogP contribution in [0.5, 0.6) is 11.5 Å². The van der Waals surface area contributed by atoms with Crippen LogP contribution in [0.15, 0.2) is 45.8 Å². The fraction of sp³-hybridized carbons (Fsp3) is 0.522. The van der Waals surface area contributed by atoms with Crippen molar-refractivity contribution in [3.05, 3.63) is 58.1 Å². The van der Waals surface area contributed by atoms with Gasteiger partial charge in [0.2, 0.25) is 11.2 Å². The lowest BCUT2D eigenvalue weighted by molar-refractivity contribution is 0.0310. The minimum Gasteiger partial charge on any atom is -0.497 e. The van der Waals surface area contributed by atoms with Crippen molar-refractivity contribution in [2.24, 2.45) is 0 Å². The van der Waals surface area contributed by atoms with Gasteiger partial charge in [-0.2, -0.15) is 11.8 Å². The summed E-state index contributed by atoms with van der Waals surface area (Å²) in [4.78, 5) is 14.4. The highest BCUT2D eigenvalue weighted by Crippen LogP contribution is 2.18. The largest absolute Gasteiger partial charge is 0.497 e. The first-order valence-electron chi connectivity index (χ1n) is 10.5. The van der Waals surface area contributed by atoms with Crippen LogP contribution in [0, 0.1) is 0 Å². The quantitative estimate of drug-likeness (QED) is 0.470. The molecule has 164 valence electrons. The van der Waals surface area contributed by atoms with Crippen LogP contribution >= 0.6 is 11.8 Å². The predicted molar refractivity (Wildman–Crippen MR) is 120 cm³/mol. The van der Waals surface area contributed by atoms with Gasteiger partial charge < -0.3 is 18.6 Å². The van der Waals surface area contributed by atoms with Crippen LogP contribution in [0.2, 0.25) is 0 Å². The Balaban J connectivity index is 1.26. The van der Waals surface area contributed by atoms with Crippen molar-refractivity contribution in [2.75, 3.05) is 45.8 Å². The van der Waals surface area contributed by atoms with Crippen molar-refractivity contribution in [2.45, 2.75) is 31.6 Å². The number of ether oxygens (including phenoxy) is 3. The summed E-state index contributed by atoms with van der Waals surface area (Å²) < 4.78 is 21.7. The van der Waals surface area contributed by atoms with E-state index in [-0.39, 0.29) is 5.43 Å². The maximum Gasteiger partial charge on any atom is 0.227 e. The Morgan fingerprint density at radius 1 is 1.10 bits per heavy atom. The molecule has 0 radical (unpaired) electrons. The molecule has 0 spiro atoms. The number of morpholine rings is 1. The smallest absolute Gasteiger partial charge is 0.227 e. The van der Waals surface area contributed by atoms with Gasteiger partial charge in [0.25, 0.3) is 0 Å².